The molecule has 3 nitrogen and oxygen atoms in total. The van der Waals surface area contributed by atoms with Gasteiger partial charge in [-0.1, -0.05) is 13.0 Å². The van der Waals surface area contributed by atoms with Crippen LogP contribution in [0.15, 0.2) is 23.5 Å². The molecule has 1 aliphatic rings. The van der Waals surface area contributed by atoms with E-state index in [1.807, 2.05) is 6.08 Å². The van der Waals surface area contributed by atoms with Crippen molar-refractivity contribution in [3.05, 3.63) is 23.5 Å². The molecule has 0 spiro atoms. The predicted molar refractivity (Wildman–Crippen MR) is 61.4 cm³/mol. The maximum Gasteiger partial charge on any atom is 0.0968 e. The average Bonchev–Trinajstić information content (AvgIpc) is 2.19. The van der Waals surface area contributed by atoms with E-state index in [-0.39, 0.29) is 6.04 Å². The van der Waals surface area contributed by atoms with Crippen LogP contribution >= 0.6 is 0 Å². The molecule has 0 aromatic carbocycles. The quantitative estimate of drug-likeness (QED) is 0.724. The van der Waals surface area contributed by atoms with Crippen LogP contribution in [-0.2, 0) is 9.47 Å². The van der Waals surface area contributed by atoms with E-state index in [0.717, 1.165) is 18.6 Å². The lowest BCUT2D eigenvalue weighted by atomic mass is 9.91. The summed E-state index contributed by atoms with van der Waals surface area (Å²) in [5, 5.41) is 0. The molecule has 15 heavy (non-hydrogen) atoms. The number of ether oxygens (including phenoxy) is 2. The number of hydrogen-bond donors (Lipinski definition) is 1. The second-order valence-corrected chi connectivity index (χ2v) is 4.05. The first-order valence-electron chi connectivity index (χ1n) is 5.35. The molecular formula is C12H21NO2. The third-order valence-corrected chi connectivity index (χ3v) is 2.80. The summed E-state index contributed by atoms with van der Waals surface area (Å²) in [7, 11) is 3.41. The van der Waals surface area contributed by atoms with Gasteiger partial charge >= 0.3 is 0 Å². The van der Waals surface area contributed by atoms with Crippen molar-refractivity contribution in [2.24, 2.45) is 11.7 Å². The van der Waals surface area contributed by atoms with Gasteiger partial charge in [0.1, 0.15) is 0 Å². The summed E-state index contributed by atoms with van der Waals surface area (Å²) in [6, 6.07) is 0.0792. The Morgan fingerprint density at radius 3 is 2.80 bits per heavy atom. The molecule has 0 aliphatic heterocycles. The van der Waals surface area contributed by atoms with Crippen molar-refractivity contribution in [3.8, 4) is 0 Å². The van der Waals surface area contributed by atoms with Gasteiger partial charge in [0.2, 0.25) is 0 Å². The van der Waals surface area contributed by atoms with Gasteiger partial charge in [0, 0.05) is 19.6 Å². The molecule has 0 amide bonds. The van der Waals surface area contributed by atoms with E-state index in [1.54, 1.807) is 14.2 Å². The summed E-state index contributed by atoms with van der Waals surface area (Å²) in [5.41, 5.74) is 7.31. The molecule has 2 N–H and O–H groups in total. The lowest BCUT2D eigenvalue weighted by molar-refractivity contribution is 0.214. The van der Waals surface area contributed by atoms with Gasteiger partial charge in [0.15, 0.2) is 0 Å². The van der Waals surface area contributed by atoms with Crippen LogP contribution in [0.4, 0.5) is 0 Å². The first-order valence-corrected chi connectivity index (χ1v) is 5.35. The highest BCUT2D eigenvalue weighted by atomic mass is 16.5. The van der Waals surface area contributed by atoms with Crippen molar-refractivity contribution < 1.29 is 9.47 Å². The molecule has 0 aromatic heterocycles. The van der Waals surface area contributed by atoms with Gasteiger partial charge < -0.3 is 15.2 Å². The Kier molecular flexibility index (Phi) is 4.85. The zero-order chi connectivity index (χ0) is 11.3. The van der Waals surface area contributed by atoms with Crippen LogP contribution in [-0.4, -0.2) is 26.9 Å². The summed E-state index contributed by atoms with van der Waals surface area (Å²) in [6.45, 7) is 2.88. The third kappa shape index (κ3) is 3.68. The lowest BCUT2D eigenvalue weighted by Gasteiger charge is -2.21. The van der Waals surface area contributed by atoms with Crippen LogP contribution in [0.1, 0.15) is 19.8 Å². The summed E-state index contributed by atoms with van der Waals surface area (Å²) in [5.74, 6) is 1.43. The van der Waals surface area contributed by atoms with Gasteiger partial charge in [-0.3, -0.25) is 0 Å². The molecule has 0 radical (unpaired) electrons. The van der Waals surface area contributed by atoms with E-state index in [4.69, 9.17) is 15.2 Å². The average molecular weight is 211 g/mol. The minimum absolute atomic E-state index is 0.0792. The van der Waals surface area contributed by atoms with Crippen LogP contribution in [0.2, 0.25) is 0 Å². The van der Waals surface area contributed by atoms with E-state index >= 15 is 0 Å². The summed E-state index contributed by atoms with van der Waals surface area (Å²) in [6.07, 6.45) is 5.96. The van der Waals surface area contributed by atoms with Crippen molar-refractivity contribution in [2.75, 3.05) is 20.8 Å². The van der Waals surface area contributed by atoms with Gasteiger partial charge in [-0.2, -0.15) is 0 Å². The van der Waals surface area contributed by atoms with Crippen LogP contribution in [0.5, 0.6) is 0 Å². The number of methoxy groups -OCH3 is 2. The Labute approximate surface area is 91.9 Å². The fourth-order valence-electron chi connectivity index (χ4n) is 1.89. The molecule has 0 heterocycles. The van der Waals surface area contributed by atoms with Crippen LogP contribution in [0.3, 0.4) is 0 Å². The summed E-state index contributed by atoms with van der Waals surface area (Å²) < 4.78 is 10.4. The highest BCUT2D eigenvalue weighted by Crippen LogP contribution is 2.22. The molecule has 86 valence electrons. The van der Waals surface area contributed by atoms with E-state index < -0.39 is 0 Å². The van der Waals surface area contributed by atoms with Crippen molar-refractivity contribution in [2.45, 2.75) is 25.8 Å². The Balaban J connectivity index is 2.76. The Bertz CT molecular complexity index is 258. The summed E-state index contributed by atoms with van der Waals surface area (Å²) >= 11 is 0. The van der Waals surface area contributed by atoms with E-state index in [0.29, 0.717) is 12.5 Å². The molecule has 0 bridgehead atoms. The van der Waals surface area contributed by atoms with E-state index in [2.05, 4.69) is 13.0 Å². The fraction of sp³-hybridized carbons (Fsp3) is 0.667. The normalized spacial score (nSPS) is 34.4. The molecular weight excluding hydrogens is 190 g/mol. The van der Waals surface area contributed by atoms with Gasteiger partial charge in [-0.15, -0.1) is 0 Å². The number of hydrogen-bond acceptors (Lipinski definition) is 3. The molecule has 0 saturated carbocycles. The molecule has 0 aromatic rings. The minimum atomic E-state index is 0.0792. The smallest absolute Gasteiger partial charge is 0.0968 e. The Morgan fingerprint density at radius 1 is 1.47 bits per heavy atom. The number of allylic oxidation sites excluding steroid dienone is 1. The van der Waals surface area contributed by atoms with Gasteiger partial charge in [-0.25, -0.2) is 0 Å². The molecule has 2 atom stereocenters. The Hall–Kier alpha value is -0.800. The van der Waals surface area contributed by atoms with Gasteiger partial charge in [0.05, 0.1) is 19.5 Å². The van der Waals surface area contributed by atoms with E-state index in [1.165, 1.54) is 5.57 Å². The minimum Gasteiger partial charge on any atom is -0.501 e. The Morgan fingerprint density at radius 2 is 2.20 bits per heavy atom. The number of rotatable bonds is 3. The maximum atomic E-state index is 5.99. The highest BCUT2D eigenvalue weighted by Gasteiger charge is 2.15. The second kappa shape index (κ2) is 5.93. The standard InChI is InChI=1S/C12H21NO2/c1-9-6-11(13)7-12(15-3)5-4-10(9)8-14-2/h4,7,9,11H,5-6,8,13H2,1-3H3/b10-4-,12-7+. The largest absolute Gasteiger partial charge is 0.501 e. The zero-order valence-electron chi connectivity index (χ0n) is 9.82. The van der Waals surface area contributed by atoms with Gasteiger partial charge in [-0.05, 0) is 24.0 Å². The van der Waals surface area contributed by atoms with Gasteiger partial charge in [0.25, 0.3) is 0 Å². The molecule has 3 heteroatoms. The molecule has 2 unspecified atom stereocenters. The second-order valence-electron chi connectivity index (χ2n) is 4.05. The topological polar surface area (TPSA) is 44.5 Å². The third-order valence-electron chi connectivity index (χ3n) is 2.80. The van der Waals surface area contributed by atoms with Crippen molar-refractivity contribution in [1.29, 1.82) is 0 Å². The van der Waals surface area contributed by atoms with Crippen molar-refractivity contribution in [1.82, 2.24) is 0 Å². The molecule has 0 saturated heterocycles. The fourth-order valence-corrected chi connectivity index (χ4v) is 1.89. The predicted octanol–water partition coefficient (Wildman–Crippen LogP) is 1.85. The van der Waals surface area contributed by atoms with Crippen molar-refractivity contribution in [3.63, 3.8) is 0 Å². The first kappa shape index (κ1) is 12.3. The highest BCUT2D eigenvalue weighted by molar-refractivity contribution is 5.16. The number of nitrogens with two attached hydrogens (primary N) is 1. The summed E-state index contributed by atoms with van der Waals surface area (Å²) in [4.78, 5) is 0. The van der Waals surface area contributed by atoms with Crippen LogP contribution in [0, 0.1) is 5.92 Å². The molecule has 0 fully saturated rings. The maximum absolute atomic E-state index is 5.99. The SMILES string of the molecule is COC/C1=C/C/C(OC)=C\C(N)CC1C. The first-order chi connectivity index (χ1) is 7.17. The monoisotopic (exact) mass is 211 g/mol. The molecule has 1 aliphatic carbocycles. The van der Waals surface area contributed by atoms with Crippen LogP contribution in [0.25, 0.3) is 0 Å². The lowest BCUT2D eigenvalue weighted by Crippen LogP contribution is -2.24. The van der Waals surface area contributed by atoms with Crippen molar-refractivity contribution >= 4 is 0 Å². The van der Waals surface area contributed by atoms with Crippen LogP contribution < -0.4 is 5.73 Å². The van der Waals surface area contributed by atoms with E-state index in [9.17, 15) is 0 Å². The molecule has 1 rings (SSSR count). The zero-order valence-corrected chi connectivity index (χ0v) is 9.82.